The highest BCUT2D eigenvalue weighted by Crippen LogP contribution is 2.32. The van der Waals surface area contributed by atoms with Gasteiger partial charge in [-0.15, -0.1) is 0 Å². The van der Waals surface area contributed by atoms with Crippen LogP contribution in [0, 0.1) is 0 Å². The lowest BCUT2D eigenvalue weighted by Crippen LogP contribution is -2.48. The molecule has 2 rings (SSSR count). The molecule has 0 amide bonds. The molecule has 1 atom stereocenters. The normalized spacial score (nSPS) is 20.0. The molecule has 4 nitrogen and oxygen atoms in total. The third-order valence-corrected chi connectivity index (χ3v) is 4.32. The average Bonchev–Trinajstić information content (AvgIpc) is 2.43. The molecule has 0 aliphatic heterocycles. The van der Waals surface area contributed by atoms with E-state index in [9.17, 15) is 0 Å². The molecule has 1 unspecified atom stereocenters. The molecular weight excluding hydrogens is 395 g/mol. The number of anilines is 1. The van der Waals surface area contributed by atoms with Crippen LogP contribution in [0.2, 0.25) is 5.02 Å². The monoisotopic (exact) mass is 412 g/mol. The molecule has 6 N–H and O–H groups in total. The van der Waals surface area contributed by atoms with Gasteiger partial charge < -0.3 is 22.1 Å². The first-order valence-electron chi connectivity index (χ1n) is 7.38. The Morgan fingerprint density at radius 1 is 1.24 bits per heavy atom. The Balaban J connectivity index is 2.45. The fraction of sp³-hybridized carbons (Fsp3) is 0.176. The van der Waals surface area contributed by atoms with Crippen LogP contribution >= 0.6 is 47.6 Å². The topological polar surface area (TPSA) is 76.1 Å². The van der Waals surface area contributed by atoms with Crippen LogP contribution in [0.5, 0.6) is 0 Å². The number of allylic oxidation sites excluding steroid dienone is 2. The quantitative estimate of drug-likeness (QED) is 0.558. The highest BCUT2D eigenvalue weighted by atomic mass is 35.5. The van der Waals surface area contributed by atoms with Gasteiger partial charge in [0.2, 0.25) is 0 Å². The minimum atomic E-state index is -0.637. The molecule has 0 radical (unpaired) electrons. The predicted octanol–water partition coefficient (Wildman–Crippen LogP) is 4.05. The van der Waals surface area contributed by atoms with Crippen LogP contribution < -0.4 is 22.1 Å². The molecule has 0 fully saturated rings. The Morgan fingerprint density at radius 3 is 2.56 bits per heavy atom. The van der Waals surface area contributed by atoms with E-state index in [0.29, 0.717) is 22.2 Å². The standard InChI is InChI=1S/C17H18Cl2N4S2/c1-10-7-11(18)9-17(8-10,23-16(21)25)6-5-12-13(19)3-2-4-14(12)22-15(20)24/h2-7,9H,8H2,1H3,(H3,20,22,24)(H3,21,23,25)/b6-5+. The third kappa shape index (κ3) is 5.44. The Hall–Kier alpha value is -1.60. The van der Waals surface area contributed by atoms with E-state index in [1.165, 1.54) is 0 Å². The predicted molar refractivity (Wildman–Crippen MR) is 116 cm³/mol. The molecule has 8 heteroatoms. The van der Waals surface area contributed by atoms with Crippen molar-refractivity contribution in [2.24, 2.45) is 11.5 Å². The number of hydrogen-bond donors (Lipinski definition) is 4. The molecule has 1 aromatic carbocycles. The Labute approximate surface area is 167 Å². The molecule has 132 valence electrons. The summed E-state index contributed by atoms with van der Waals surface area (Å²) >= 11 is 22.5. The van der Waals surface area contributed by atoms with Crippen molar-refractivity contribution < 1.29 is 0 Å². The third-order valence-electron chi connectivity index (χ3n) is 3.57. The fourth-order valence-corrected chi connectivity index (χ4v) is 3.64. The summed E-state index contributed by atoms with van der Waals surface area (Å²) in [6.07, 6.45) is 8.24. The zero-order valence-electron chi connectivity index (χ0n) is 13.5. The van der Waals surface area contributed by atoms with Gasteiger partial charge in [0.15, 0.2) is 10.2 Å². The molecule has 1 aliphatic rings. The Bertz CT molecular complexity index is 798. The van der Waals surface area contributed by atoms with Crippen LogP contribution in [0.1, 0.15) is 18.9 Å². The summed E-state index contributed by atoms with van der Waals surface area (Å²) in [5, 5.41) is 7.54. The smallest absolute Gasteiger partial charge is 0.168 e. The van der Waals surface area contributed by atoms with Crippen LogP contribution in [0.4, 0.5) is 5.69 Å². The molecule has 1 aliphatic carbocycles. The van der Waals surface area contributed by atoms with Gasteiger partial charge in [-0.3, -0.25) is 0 Å². The van der Waals surface area contributed by atoms with Crippen molar-refractivity contribution in [1.29, 1.82) is 0 Å². The highest BCUT2D eigenvalue weighted by Gasteiger charge is 2.28. The fourth-order valence-electron chi connectivity index (χ4n) is 2.73. The van der Waals surface area contributed by atoms with E-state index in [4.69, 9.17) is 59.1 Å². The number of benzene rings is 1. The lowest BCUT2D eigenvalue weighted by molar-refractivity contribution is 0.572. The molecule has 0 saturated carbocycles. The van der Waals surface area contributed by atoms with Crippen LogP contribution in [-0.2, 0) is 0 Å². The van der Waals surface area contributed by atoms with Crippen molar-refractivity contribution in [2.75, 3.05) is 5.32 Å². The molecular formula is C17H18Cl2N4S2. The van der Waals surface area contributed by atoms with Gasteiger partial charge in [0.05, 0.1) is 5.54 Å². The van der Waals surface area contributed by atoms with Crippen molar-refractivity contribution in [3.8, 4) is 0 Å². The summed E-state index contributed by atoms with van der Waals surface area (Å²) in [6, 6.07) is 5.44. The molecule has 0 bridgehead atoms. The Morgan fingerprint density at radius 2 is 1.96 bits per heavy atom. The SMILES string of the molecule is CC1=CC(Cl)=CC(/C=C/c2c(Cl)cccc2NC(N)=S)(NC(N)=S)C1. The maximum atomic E-state index is 6.34. The van der Waals surface area contributed by atoms with E-state index in [1.807, 2.05) is 43.4 Å². The van der Waals surface area contributed by atoms with Crippen molar-refractivity contribution in [2.45, 2.75) is 18.9 Å². The number of nitrogens with two attached hydrogens (primary N) is 2. The van der Waals surface area contributed by atoms with Gasteiger partial charge in [-0.05, 0) is 62.1 Å². The van der Waals surface area contributed by atoms with Crippen molar-refractivity contribution in [3.63, 3.8) is 0 Å². The van der Waals surface area contributed by atoms with Gasteiger partial charge in [-0.1, -0.05) is 47.0 Å². The molecule has 0 spiro atoms. The van der Waals surface area contributed by atoms with Gasteiger partial charge in [0.25, 0.3) is 0 Å². The first-order valence-corrected chi connectivity index (χ1v) is 8.95. The molecule has 1 aromatic rings. The maximum Gasteiger partial charge on any atom is 0.168 e. The second-order valence-electron chi connectivity index (χ2n) is 5.75. The zero-order chi connectivity index (χ0) is 18.6. The number of hydrogen-bond acceptors (Lipinski definition) is 2. The van der Waals surface area contributed by atoms with Crippen molar-refractivity contribution in [1.82, 2.24) is 5.32 Å². The molecule has 0 aromatic heterocycles. The van der Waals surface area contributed by atoms with Crippen LogP contribution in [-0.4, -0.2) is 15.8 Å². The van der Waals surface area contributed by atoms with Crippen molar-refractivity contribution >= 4 is 69.6 Å². The van der Waals surface area contributed by atoms with E-state index in [-0.39, 0.29) is 10.2 Å². The second-order valence-corrected chi connectivity index (χ2v) is 7.47. The summed E-state index contributed by atoms with van der Waals surface area (Å²) in [5.41, 5.74) is 13.2. The van der Waals surface area contributed by atoms with Gasteiger partial charge >= 0.3 is 0 Å². The van der Waals surface area contributed by atoms with E-state index in [0.717, 1.165) is 11.1 Å². The zero-order valence-corrected chi connectivity index (χ0v) is 16.6. The highest BCUT2D eigenvalue weighted by molar-refractivity contribution is 7.80. The van der Waals surface area contributed by atoms with E-state index >= 15 is 0 Å². The Kier molecular flexibility index (Phi) is 6.46. The lowest BCUT2D eigenvalue weighted by Gasteiger charge is -2.32. The second kappa shape index (κ2) is 8.19. The van der Waals surface area contributed by atoms with E-state index < -0.39 is 5.54 Å². The van der Waals surface area contributed by atoms with Crippen LogP contribution in [0.15, 0.2) is 47.0 Å². The minimum Gasteiger partial charge on any atom is -0.376 e. The van der Waals surface area contributed by atoms with Gasteiger partial charge in [-0.2, -0.15) is 0 Å². The number of halogens is 2. The van der Waals surface area contributed by atoms with Gasteiger partial charge in [0, 0.05) is 21.3 Å². The first kappa shape index (κ1) is 19.7. The number of rotatable bonds is 4. The van der Waals surface area contributed by atoms with Gasteiger partial charge in [0.1, 0.15) is 0 Å². The summed E-state index contributed by atoms with van der Waals surface area (Å²) < 4.78 is 0. The average molecular weight is 413 g/mol. The summed E-state index contributed by atoms with van der Waals surface area (Å²) in [5.74, 6) is 0. The minimum absolute atomic E-state index is 0.160. The molecule has 25 heavy (non-hydrogen) atoms. The molecule has 0 saturated heterocycles. The van der Waals surface area contributed by atoms with Crippen molar-refractivity contribution in [3.05, 3.63) is 57.6 Å². The summed E-state index contributed by atoms with van der Waals surface area (Å²) in [4.78, 5) is 0. The lowest BCUT2D eigenvalue weighted by atomic mass is 9.86. The number of thiocarbonyl (C=S) groups is 2. The van der Waals surface area contributed by atoms with Crippen LogP contribution in [0.25, 0.3) is 6.08 Å². The number of nitrogens with one attached hydrogen (secondary N) is 2. The van der Waals surface area contributed by atoms with E-state index in [1.54, 1.807) is 6.07 Å². The van der Waals surface area contributed by atoms with E-state index in [2.05, 4.69) is 10.6 Å². The van der Waals surface area contributed by atoms with Gasteiger partial charge in [-0.25, -0.2) is 0 Å². The largest absolute Gasteiger partial charge is 0.376 e. The van der Waals surface area contributed by atoms with Crippen LogP contribution in [0.3, 0.4) is 0 Å². The maximum absolute atomic E-state index is 6.34. The first-order chi connectivity index (χ1) is 11.7. The summed E-state index contributed by atoms with van der Waals surface area (Å²) in [6.45, 7) is 1.99. The summed E-state index contributed by atoms with van der Waals surface area (Å²) in [7, 11) is 0. The molecule has 0 heterocycles.